The van der Waals surface area contributed by atoms with Gasteiger partial charge < -0.3 is 15.4 Å². The summed E-state index contributed by atoms with van der Waals surface area (Å²) in [7, 11) is 0. The number of hydrogen-bond acceptors (Lipinski definition) is 3. The van der Waals surface area contributed by atoms with Gasteiger partial charge in [-0.1, -0.05) is 15.9 Å². The van der Waals surface area contributed by atoms with Gasteiger partial charge >= 0.3 is 0 Å². The quantitative estimate of drug-likeness (QED) is 0.864. The number of halogens is 1. The van der Waals surface area contributed by atoms with E-state index in [-0.39, 0.29) is 11.9 Å². The van der Waals surface area contributed by atoms with Crippen LogP contribution in [0, 0.1) is 0 Å². The van der Waals surface area contributed by atoms with Crippen LogP contribution in [0.25, 0.3) is 0 Å². The zero-order valence-corrected chi connectivity index (χ0v) is 13.1. The van der Waals surface area contributed by atoms with E-state index in [1.807, 2.05) is 6.92 Å². The van der Waals surface area contributed by atoms with Crippen LogP contribution in [0.15, 0.2) is 16.6 Å². The van der Waals surface area contributed by atoms with Crippen LogP contribution >= 0.6 is 15.9 Å². The molecule has 0 saturated heterocycles. The summed E-state index contributed by atoms with van der Waals surface area (Å²) in [5.74, 6) is 1.07. The molecule has 0 radical (unpaired) electrons. The number of carbonyl (C=O) groups excluding carboxylic acids is 1. The Labute approximate surface area is 127 Å². The van der Waals surface area contributed by atoms with E-state index in [0.717, 1.165) is 41.7 Å². The minimum atomic E-state index is -0.188. The third-order valence-corrected chi connectivity index (χ3v) is 4.20. The van der Waals surface area contributed by atoms with Gasteiger partial charge in [-0.15, -0.1) is 0 Å². The second kappa shape index (κ2) is 5.74. The minimum absolute atomic E-state index is 0.0834. The lowest BCUT2D eigenvalue weighted by atomic mass is 10.1. The highest BCUT2D eigenvalue weighted by Gasteiger charge is 2.25. The first-order valence-corrected chi connectivity index (χ1v) is 7.90. The van der Waals surface area contributed by atoms with Crippen molar-refractivity contribution in [3.63, 3.8) is 0 Å². The van der Waals surface area contributed by atoms with E-state index in [9.17, 15) is 4.79 Å². The number of rotatable bonds is 5. The average Bonchev–Trinajstić information content (AvgIpc) is 3.10. The number of nitrogens with one attached hydrogen (secondary N) is 2. The fraction of sp³-hybridized carbons (Fsp3) is 0.533. The smallest absolute Gasteiger partial charge is 0.237 e. The Balaban J connectivity index is 1.61. The molecule has 0 aromatic heterocycles. The number of amides is 1. The summed E-state index contributed by atoms with van der Waals surface area (Å²) in [6.45, 7) is 3.29. The van der Waals surface area contributed by atoms with E-state index in [1.54, 1.807) is 0 Å². The van der Waals surface area contributed by atoms with Crippen molar-refractivity contribution in [3.8, 4) is 5.75 Å². The average molecular weight is 339 g/mol. The first kappa shape index (κ1) is 13.9. The lowest BCUT2D eigenvalue weighted by Crippen LogP contribution is -2.42. The predicted molar refractivity (Wildman–Crippen MR) is 80.8 cm³/mol. The van der Waals surface area contributed by atoms with Crippen LogP contribution in [0.2, 0.25) is 0 Å². The monoisotopic (exact) mass is 338 g/mol. The van der Waals surface area contributed by atoms with E-state index < -0.39 is 0 Å². The summed E-state index contributed by atoms with van der Waals surface area (Å²) < 4.78 is 6.75. The summed E-state index contributed by atoms with van der Waals surface area (Å²) in [5, 5.41) is 6.29. The molecule has 3 rings (SSSR count). The van der Waals surface area contributed by atoms with E-state index >= 15 is 0 Å². The van der Waals surface area contributed by atoms with Gasteiger partial charge in [-0.05, 0) is 37.5 Å². The Kier molecular flexibility index (Phi) is 3.98. The maximum Gasteiger partial charge on any atom is 0.237 e. The first-order valence-electron chi connectivity index (χ1n) is 7.11. The highest BCUT2D eigenvalue weighted by molar-refractivity contribution is 9.10. The van der Waals surface area contributed by atoms with Crippen molar-refractivity contribution in [3.05, 3.63) is 27.7 Å². The highest BCUT2D eigenvalue weighted by atomic mass is 79.9. The lowest BCUT2D eigenvalue weighted by Gasteiger charge is -2.15. The summed E-state index contributed by atoms with van der Waals surface area (Å²) in [6, 6.07) is 4.38. The van der Waals surface area contributed by atoms with Crippen molar-refractivity contribution in [2.75, 3.05) is 6.61 Å². The molecule has 5 heteroatoms. The number of hydrogen-bond donors (Lipinski definition) is 2. The molecule has 108 valence electrons. The van der Waals surface area contributed by atoms with Gasteiger partial charge in [0.05, 0.1) is 12.6 Å². The molecule has 2 N–H and O–H groups in total. The Hall–Kier alpha value is -1.07. The summed E-state index contributed by atoms with van der Waals surface area (Å²) in [6.07, 6.45) is 3.19. The molecule has 1 aliphatic heterocycles. The van der Waals surface area contributed by atoms with Gasteiger partial charge in [0.2, 0.25) is 5.91 Å². The Bertz CT molecular complexity index is 529. The molecule has 1 aromatic carbocycles. The van der Waals surface area contributed by atoms with E-state index in [2.05, 4.69) is 38.7 Å². The normalized spacial score (nSPS) is 18.3. The molecule has 0 spiro atoms. The van der Waals surface area contributed by atoms with Crippen LogP contribution in [-0.4, -0.2) is 24.6 Å². The lowest BCUT2D eigenvalue weighted by molar-refractivity contribution is -0.122. The van der Waals surface area contributed by atoms with Crippen molar-refractivity contribution in [1.29, 1.82) is 0 Å². The van der Waals surface area contributed by atoms with E-state index in [4.69, 9.17) is 4.74 Å². The molecule has 1 saturated carbocycles. The standard InChI is InChI=1S/C15H19BrN2O2/c1-9(15(19)18-13-2-3-13)17-8-11-7-12(16)6-10-4-5-20-14(10)11/h6-7,9,13,17H,2-5,8H2,1H3,(H,18,19). The predicted octanol–water partition coefficient (Wildman–Crippen LogP) is 2.14. The number of benzene rings is 1. The molecule has 4 nitrogen and oxygen atoms in total. The summed E-state index contributed by atoms with van der Waals surface area (Å²) in [4.78, 5) is 11.9. The summed E-state index contributed by atoms with van der Waals surface area (Å²) >= 11 is 3.53. The molecule has 1 aliphatic carbocycles. The van der Waals surface area contributed by atoms with Crippen LogP contribution < -0.4 is 15.4 Å². The molecule has 0 bridgehead atoms. The van der Waals surface area contributed by atoms with E-state index in [1.165, 1.54) is 5.56 Å². The molecule has 1 aromatic rings. The van der Waals surface area contributed by atoms with Crippen molar-refractivity contribution in [2.24, 2.45) is 0 Å². The molecule has 1 atom stereocenters. The van der Waals surface area contributed by atoms with Crippen molar-refractivity contribution in [1.82, 2.24) is 10.6 Å². The van der Waals surface area contributed by atoms with Gasteiger partial charge in [-0.25, -0.2) is 0 Å². The van der Waals surface area contributed by atoms with Crippen LogP contribution in [0.1, 0.15) is 30.9 Å². The molecular formula is C15H19BrN2O2. The van der Waals surface area contributed by atoms with Gasteiger partial charge in [0.25, 0.3) is 0 Å². The zero-order valence-electron chi connectivity index (χ0n) is 11.5. The third kappa shape index (κ3) is 3.15. The molecule has 1 heterocycles. The molecule has 1 amide bonds. The third-order valence-electron chi connectivity index (χ3n) is 3.74. The molecule has 2 aliphatic rings. The zero-order chi connectivity index (χ0) is 14.1. The highest BCUT2D eigenvalue weighted by Crippen LogP contribution is 2.32. The SMILES string of the molecule is CC(NCc1cc(Br)cc2c1OCC2)C(=O)NC1CC1. The molecule has 1 fully saturated rings. The number of carbonyl (C=O) groups is 1. The van der Waals surface area contributed by atoms with Gasteiger partial charge in [-0.2, -0.15) is 0 Å². The Morgan fingerprint density at radius 1 is 1.50 bits per heavy atom. The minimum Gasteiger partial charge on any atom is -0.493 e. The Morgan fingerprint density at radius 3 is 3.05 bits per heavy atom. The van der Waals surface area contributed by atoms with Gasteiger partial charge in [0.15, 0.2) is 0 Å². The fourth-order valence-corrected chi connectivity index (χ4v) is 2.94. The summed E-state index contributed by atoms with van der Waals surface area (Å²) in [5.41, 5.74) is 2.35. The largest absolute Gasteiger partial charge is 0.493 e. The molecular weight excluding hydrogens is 320 g/mol. The topological polar surface area (TPSA) is 50.4 Å². The van der Waals surface area contributed by atoms with Crippen LogP contribution in [0.3, 0.4) is 0 Å². The van der Waals surface area contributed by atoms with Crippen molar-refractivity contribution < 1.29 is 9.53 Å². The first-order chi connectivity index (χ1) is 9.63. The fourth-order valence-electron chi connectivity index (χ4n) is 2.39. The maximum absolute atomic E-state index is 11.9. The number of ether oxygens (including phenoxy) is 1. The van der Waals surface area contributed by atoms with Crippen molar-refractivity contribution in [2.45, 2.75) is 44.8 Å². The second-order valence-electron chi connectivity index (χ2n) is 5.54. The van der Waals surface area contributed by atoms with Crippen LogP contribution in [0.5, 0.6) is 5.75 Å². The van der Waals surface area contributed by atoms with Crippen molar-refractivity contribution >= 4 is 21.8 Å². The van der Waals surface area contributed by atoms with Crippen LogP contribution in [0.4, 0.5) is 0 Å². The van der Waals surface area contributed by atoms with Gasteiger partial charge in [0.1, 0.15) is 5.75 Å². The number of fused-ring (bicyclic) bond motifs is 1. The maximum atomic E-state index is 11.9. The second-order valence-corrected chi connectivity index (χ2v) is 6.45. The molecule has 1 unspecified atom stereocenters. The van der Waals surface area contributed by atoms with E-state index in [0.29, 0.717) is 12.6 Å². The van der Waals surface area contributed by atoms with Gasteiger partial charge in [0, 0.05) is 29.0 Å². The van der Waals surface area contributed by atoms with Gasteiger partial charge in [-0.3, -0.25) is 4.79 Å². The Morgan fingerprint density at radius 2 is 2.30 bits per heavy atom. The molecule has 20 heavy (non-hydrogen) atoms. The van der Waals surface area contributed by atoms with Crippen LogP contribution in [-0.2, 0) is 17.8 Å².